The minimum absolute atomic E-state index is 0.893. The lowest BCUT2D eigenvalue weighted by Crippen LogP contribution is -2.37. The Balaban J connectivity index is 1.70. The van der Waals surface area contributed by atoms with Gasteiger partial charge in [-0.25, -0.2) is 0 Å². The summed E-state index contributed by atoms with van der Waals surface area (Å²) in [6, 6.07) is 8.75. The van der Waals surface area contributed by atoms with Gasteiger partial charge in [-0.1, -0.05) is 35.9 Å². The third-order valence-corrected chi connectivity index (χ3v) is 3.66. The van der Waals surface area contributed by atoms with Gasteiger partial charge >= 0.3 is 0 Å². The third kappa shape index (κ3) is 2.59. The van der Waals surface area contributed by atoms with Gasteiger partial charge in [-0.3, -0.25) is 4.90 Å². The first-order valence-corrected chi connectivity index (χ1v) is 6.49. The average molecular weight is 229 g/mol. The molecule has 0 aromatic heterocycles. The van der Waals surface area contributed by atoms with Crippen molar-refractivity contribution in [3.63, 3.8) is 0 Å². The van der Waals surface area contributed by atoms with Gasteiger partial charge in [-0.2, -0.15) is 0 Å². The Morgan fingerprint density at radius 1 is 1.06 bits per heavy atom. The zero-order valence-corrected chi connectivity index (χ0v) is 10.2. The number of rotatable bonds is 2. The maximum atomic E-state index is 5.38. The topological polar surface area (TPSA) is 12.5 Å². The van der Waals surface area contributed by atoms with Crippen LogP contribution in [0.15, 0.2) is 29.8 Å². The van der Waals surface area contributed by atoms with Crippen molar-refractivity contribution in [1.29, 1.82) is 0 Å². The fourth-order valence-corrected chi connectivity index (χ4v) is 2.66. The number of fused-ring (bicyclic) bond motifs is 1. The molecule has 1 aliphatic carbocycles. The second-order valence-corrected chi connectivity index (χ2v) is 4.89. The Kier molecular flexibility index (Phi) is 3.25. The molecule has 1 heterocycles. The quantitative estimate of drug-likeness (QED) is 0.772. The van der Waals surface area contributed by atoms with Crippen molar-refractivity contribution < 1.29 is 4.74 Å². The molecule has 3 rings (SSSR count). The Bertz CT molecular complexity index is 419. The SMILES string of the molecule is C1=C(CN2CCOCC2)CCc2ccccc21. The summed E-state index contributed by atoms with van der Waals surface area (Å²) in [4.78, 5) is 2.50. The van der Waals surface area contributed by atoms with Crippen LogP contribution in [-0.4, -0.2) is 37.7 Å². The highest BCUT2D eigenvalue weighted by molar-refractivity contribution is 5.59. The predicted octanol–water partition coefficient (Wildman–Crippen LogP) is 2.35. The second-order valence-electron chi connectivity index (χ2n) is 4.89. The fourth-order valence-electron chi connectivity index (χ4n) is 2.66. The van der Waals surface area contributed by atoms with Crippen LogP contribution >= 0.6 is 0 Å². The van der Waals surface area contributed by atoms with E-state index >= 15 is 0 Å². The van der Waals surface area contributed by atoms with Crippen LogP contribution in [0.2, 0.25) is 0 Å². The van der Waals surface area contributed by atoms with Crippen LogP contribution in [0, 0.1) is 0 Å². The van der Waals surface area contributed by atoms with Gasteiger partial charge in [0.1, 0.15) is 0 Å². The highest BCUT2D eigenvalue weighted by Crippen LogP contribution is 2.24. The van der Waals surface area contributed by atoms with E-state index in [9.17, 15) is 0 Å². The molecule has 0 bridgehead atoms. The monoisotopic (exact) mass is 229 g/mol. The van der Waals surface area contributed by atoms with Crippen LogP contribution in [0.25, 0.3) is 6.08 Å². The standard InChI is InChI=1S/C15H19NO/c1-2-4-15-11-13(5-6-14(15)3-1)12-16-7-9-17-10-8-16/h1-4,11H,5-10,12H2. The number of hydrogen-bond donors (Lipinski definition) is 0. The molecule has 0 spiro atoms. The molecular formula is C15H19NO. The van der Waals surface area contributed by atoms with E-state index in [0.717, 1.165) is 32.8 Å². The second kappa shape index (κ2) is 5.03. The summed E-state index contributed by atoms with van der Waals surface area (Å²) in [5.74, 6) is 0. The summed E-state index contributed by atoms with van der Waals surface area (Å²) >= 11 is 0. The minimum atomic E-state index is 0.893. The van der Waals surface area contributed by atoms with Gasteiger partial charge in [0.25, 0.3) is 0 Å². The summed E-state index contributed by atoms with van der Waals surface area (Å²) < 4.78 is 5.38. The van der Waals surface area contributed by atoms with Gasteiger partial charge in [-0.05, 0) is 24.0 Å². The van der Waals surface area contributed by atoms with E-state index in [4.69, 9.17) is 4.74 Å². The van der Waals surface area contributed by atoms with Gasteiger partial charge < -0.3 is 4.74 Å². The van der Waals surface area contributed by atoms with E-state index in [1.54, 1.807) is 5.57 Å². The van der Waals surface area contributed by atoms with Crippen LogP contribution in [0.5, 0.6) is 0 Å². The van der Waals surface area contributed by atoms with Crippen molar-refractivity contribution in [2.75, 3.05) is 32.8 Å². The number of benzene rings is 1. The molecule has 1 aromatic carbocycles. The first-order chi connectivity index (χ1) is 8.42. The summed E-state index contributed by atoms with van der Waals surface area (Å²) in [6.07, 6.45) is 4.80. The van der Waals surface area contributed by atoms with Crippen molar-refractivity contribution in [3.8, 4) is 0 Å². The first kappa shape index (κ1) is 11.0. The first-order valence-electron chi connectivity index (χ1n) is 6.49. The van der Waals surface area contributed by atoms with Crippen molar-refractivity contribution in [1.82, 2.24) is 4.90 Å². The molecule has 0 radical (unpaired) electrons. The lowest BCUT2D eigenvalue weighted by atomic mass is 9.92. The molecule has 1 aromatic rings. The summed E-state index contributed by atoms with van der Waals surface area (Å²) in [5, 5.41) is 0. The Morgan fingerprint density at radius 2 is 1.88 bits per heavy atom. The summed E-state index contributed by atoms with van der Waals surface area (Å²) in [6.45, 7) is 5.07. The van der Waals surface area contributed by atoms with Crippen LogP contribution < -0.4 is 0 Å². The Labute approximate surface area is 103 Å². The van der Waals surface area contributed by atoms with Crippen LogP contribution in [-0.2, 0) is 11.2 Å². The van der Waals surface area contributed by atoms with Gasteiger partial charge in [0.2, 0.25) is 0 Å². The molecular weight excluding hydrogens is 210 g/mol. The summed E-state index contributed by atoms with van der Waals surface area (Å²) in [5.41, 5.74) is 4.49. The van der Waals surface area contributed by atoms with Crippen molar-refractivity contribution >= 4 is 6.08 Å². The van der Waals surface area contributed by atoms with Crippen LogP contribution in [0.3, 0.4) is 0 Å². The molecule has 1 aliphatic heterocycles. The predicted molar refractivity (Wildman–Crippen MR) is 70.0 cm³/mol. The highest BCUT2D eigenvalue weighted by atomic mass is 16.5. The molecule has 0 unspecified atom stereocenters. The third-order valence-electron chi connectivity index (χ3n) is 3.66. The summed E-state index contributed by atoms with van der Waals surface area (Å²) in [7, 11) is 0. The Hall–Kier alpha value is -1.12. The molecule has 2 heteroatoms. The molecule has 1 fully saturated rings. The van der Waals surface area contributed by atoms with E-state index in [-0.39, 0.29) is 0 Å². The van der Waals surface area contributed by atoms with Gasteiger partial charge in [0.15, 0.2) is 0 Å². The highest BCUT2D eigenvalue weighted by Gasteiger charge is 2.15. The molecule has 90 valence electrons. The number of aryl methyl sites for hydroxylation is 1. The van der Waals surface area contributed by atoms with E-state index in [2.05, 4.69) is 35.2 Å². The van der Waals surface area contributed by atoms with E-state index in [0.29, 0.717) is 0 Å². The Morgan fingerprint density at radius 3 is 2.76 bits per heavy atom. The maximum Gasteiger partial charge on any atom is 0.0594 e. The van der Waals surface area contributed by atoms with Crippen LogP contribution in [0.1, 0.15) is 17.5 Å². The zero-order valence-electron chi connectivity index (χ0n) is 10.2. The molecule has 0 saturated carbocycles. The lowest BCUT2D eigenvalue weighted by molar-refractivity contribution is 0.0420. The molecule has 17 heavy (non-hydrogen) atoms. The van der Waals surface area contributed by atoms with E-state index in [1.807, 2.05) is 0 Å². The van der Waals surface area contributed by atoms with Gasteiger partial charge in [0.05, 0.1) is 13.2 Å². The largest absolute Gasteiger partial charge is 0.379 e. The fraction of sp³-hybridized carbons (Fsp3) is 0.467. The smallest absolute Gasteiger partial charge is 0.0594 e. The molecule has 1 saturated heterocycles. The minimum Gasteiger partial charge on any atom is -0.379 e. The average Bonchev–Trinajstić information content (AvgIpc) is 2.40. The van der Waals surface area contributed by atoms with E-state index < -0.39 is 0 Å². The van der Waals surface area contributed by atoms with Crippen LogP contribution in [0.4, 0.5) is 0 Å². The number of ether oxygens (including phenoxy) is 1. The molecule has 2 aliphatic rings. The normalized spacial score (nSPS) is 20.8. The molecule has 0 atom stereocenters. The van der Waals surface area contributed by atoms with E-state index in [1.165, 1.54) is 24.0 Å². The zero-order chi connectivity index (χ0) is 11.5. The van der Waals surface area contributed by atoms with Gasteiger partial charge in [-0.15, -0.1) is 0 Å². The number of nitrogens with zero attached hydrogens (tertiary/aromatic N) is 1. The molecule has 2 nitrogen and oxygen atoms in total. The maximum absolute atomic E-state index is 5.38. The van der Waals surface area contributed by atoms with Crippen molar-refractivity contribution in [3.05, 3.63) is 41.0 Å². The van der Waals surface area contributed by atoms with Gasteiger partial charge in [0, 0.05) is 19.6 Å². The lowest BCUT2D eigenvalue weighted by Gasteiger charge is -2.28. The van der Waals surface area contributed by atoms with Crippen molar-refractivity contribution in [2.45, 2.75) is 12.8 Å². The molecule has 0 N–H and O–H groups in total. The number of morpholine rings is 1. The van der Waals surface area contributed by atoms with Crippen molar-refractivity contribution in [2.24, 2.45) is 0 Å². The number of hydrogen-bond acceptors (Lipinski definition) is 2. The molecule has 0 amide bonds.